The van der Waals surface area contributed by atoms with E-state index < -0.39 is 0 Å². The number of rotatable bonds is 5. The number of imide groups is 1. The van der Waals surface area contributed by atoms with E-state index in [2.05, 4.69) is 0 Å². The van der Waals surface area contributed by atoms with Gasteiger partial charge in [0.05, 0.1) is 0 Å². The molecule has 0 radical (unpaired) electrons. The van der Waals surface area contributed by atoms with Crippen molar-refractivity contribution >= 4 is 17.8 Å². The zero-order chi connectivity index (χ0) is 16.6. The van der Waals surface area contributed by atoms with Gasteiger partial charge >= 0.3 is 6.03 Å². The van der Waals surface area contributed by atoms with Crippen molar-refractivity contribution in [3.05, 3.63) is 35.6 Å². The number of carbonyl (C=O) groups excluding carboxylic acids is 3. The minimum Gasteiger partial charge on any atom is -0.340 e. The van der Waals surface area contributed by atoms with E-state index in [1.165, 1.54) is 21.9 Å². The number of nitrogens with zero attached hydrogens (tertiary/aromatic N) is 3. The Bertz CT molecular complexity index is 642. The first kappa shape index (κ1) is 15.5. The van der Waals surface area contributed by atoms with E-state index in [1.54, 1.807) is 19.2 Å². The van der Waals surface area contributed by atoms with Gasteiger partial charge in [0.25, 0.3) is 5.91 Å². The van der Waals surface area contributed by atoms with Gasteiger partial charge in [0.15, 0.2) is 0 Å². The topological polar surface area (TPSA) is 60.9 Å². The van der Waals surface area contributed by atoms with Crippen molar-refractivity contribution in [2.75, 3.05) is 20.1 Å². The number of benzene rings is 1. The second kappa shape index (κ2) is 5.98. The molecule has 122 valence electrons. The summed E-state index contributed by atoms with van der Waals surface area (Å²) in [4.78, 5) is 40.3. The van der Waals surface area contributed by atoms with Gasteiger partial charge in [-0.05, 0) is 30.5 Å². The summed E-state index contributed by atoms with van der Waals surface area (Å²) in [7, 11) is 1.59. The SMILES string of the molecule is CN(Cc1ccc(F)cc1)C(=O)CN1C(=O)CN(C2CC2)C1=O. The van der Waals surface area contributed by atoms with Crippen molar-refractivity contribution in [3.8, 4) is 0 Å². The van der Waals surface area contributed by atoms with Crippen LogP contribution in [0.4, 0.5) is 9.18 Å². The molecule has 1 saturated carbocycles. The largest absolute Gasteiger partial charge is 0.340 e. The highest BCUT2D eigenvalue weighted by Crippen LogP contribution is 2.30. The average molecular weight is 319 g/mol. The van der Waals surface area contributed by atoms with Crippen molar-refractivity contribution in [1.29, 1.82) is 0 Å². The van der Waals surface area contributed by atoms with Crippen molar-refractivity contribution in [1.82, 2.24) is 14.7 Å². The monoisotopic (exact) mass is 319 g/mol. The zero-order valence-electron chi connectivity index (χ0n) is 12.9. The molecule has 1 aliphatic carbocycles. The molecule has 0 unspecified atom stereocenters. The van der Waals surface area contributed by atoms with E-state index in [1.807, 2.05) is 0 Å². The van der Waals surface area contributed by atoms with Crippen LogP contribution in [0.3, 0.4) is 0 Å². The Morgan fingerprint density at radius 1 is 1.26 bits per heavy atom. The fourth-order valence-corrected chi connectivity index (χ4v) is 2.60. The van der Waals surface area contributed by atoms with Crippen molar-refractivity contribution in [2.45, 2.75) is 25.4 Å². The van der Waals surface area contributed by atoms with E-state index in [0.29, 0.717) is 6.54 Å². The Morgan fingerprint density at radius 3 is 2.52 bits per heavy atom. The minimum absolute atomic E-state index is 0.0679. The molecule has 1 saturated heterocycles. The van der Waals surface area contributed by atoms with Crippen LogP contribution in [0.2, 0.25) is 0 Å². The van der Waals surface area contributed by atoms with Crippen LogP contribution in [0, 0.1) is 5.82 Å². The van der Waals surface area contributed by atoms with Gasteiger partial charge in [-0.3, -0.25) is 14.5 Å². The van der Waals surface area contributed by atoms with Crippen LogP contribution in [0.15, 0.2) is 24.3 Å². The van der Waals surface area contributed by atoms with E-state index in [9.17, 15) is 18.8 Å². The first-order valence-corrected chi connectivity index (χ1v) is 7.55. The molecule has 0 bridgehead atoms. The lowest BCUT2D eigenvalue weighted by Gasteiger charge is -2.21. The number of urea groups is 1. The Morgan fingerprint density at radius 2 is 1.91 bits per heavy atom. The second-order valence-corrected chi connectivity index (χ2v) is 6.00. The zero-order valence-corrected chi connectivity index (χ0v) is 12.9. The molecule has 1 aliphatic heterocycles. The lowest BCUT2D eigenvalue weighted by molar-refractivity contribution is -0.136. The van der Waals surface area contributed by atoms with Gasteiger partial charge in [-0.25, -0.2) is 9.18 Å². The second-order valence-electron chi connectivity index (χ2n) is 6.00. The quantitative estimate of drug-likeness (QED) is 0.767. The van der Waals surface area contributed by atoms with Crippen LogP contribution in [0.1, 0.15) is 18.4 Å². The third-order valence-corrected chi connectivity index (χ3v) is 4.12. The Hall–Kier alpha value is -2.44. The van der Waals surface area contributed by atoms with Gasteiger partial charge < -0.3 is 9.80 Å². The summed E-state index contributed by atoms with van der Waals surface area (Å²) in [6, 6.07) is 5.63. The maximum absolute atomic E-state index is 12.9. The molecule has 1 aromatic carbocycles. The third-order valence-electron chi connectivity index (χ3n) is 4.12. The fraction of sp³-hybridized carbons (Fsp3) is 0.438. The lowest BCUT2D eigenvalue weighted by atomic mass is 10.2. The van der Waals surface area contributed by atoms with E-state index in [-0.39, 0.29) is 42.8 Å². The van der Waals surface area contributed by atoms with E-state index in [0.717, 1.165) is 23.3 Å². The molecule has 0 spiro atoms. The highest BCUT2D eigenvalue weighted by atomic mass is 19.1. The van der Waals surface area contributed by atoms with Crippen LogP contribution in [0.5, 0.6) is 0 Å². The predicted molar refractivity (Wildman–Crippen MR) is 79.7 cm³/mol. The molecule has 0 aromatic heterocycles. The minimum atomic E-state index is -0.374. The molecule has 1 heterocycles. The van der Waals surface area contributed by atoms with Gasteiger partial charge in [-0.2, -0.15) is 0 Å². The summed E-state index contributed by atoms with van der Waals surface area (Å²) in [5, 5.41) is 0. The van der Waals surface area contributed by atoms with Gasteiger partial charge in [0.2, 0.25) is 5.91 Å². The predicted octanol–water partition coefficient (Wildman–Crippen LogP) is 1.21. The summed E-state index contributed by atoms with van der Waals surface area (Å²) in [5.74, 6) is -0.990. The lowest BCUT2D eigenvalue weighted by Crippen LogP contribution is -2.42. The van der Waals surface area contributed by atoms with Gasteiger partial charge in [-0.1, -0.05) is 12.1 Å². The van der Waals surface area contributed by atoms with Gasteiger partial charge in [0, 0.05) is 19.6 Å². The molecule has 4 amide bonds. The summed E-state index contributed by atoms with van der Waals surface area (Å²) < 4.78 is 12.9. The van der Waals surface area contributed by atoms with Crippen molar-refractivity contribution in [3.63, 3.8) is 0 Å². The standard InChI is InChI=1S/C16H18FN3O3/c1-18(8-11-2-4-12(17)5-3-11)14(21)9-20-15(22)10-19(16(20)23)13-6-7-13/h2-5,13H,6-10H2,1H3. The smallest absolute Gasteiger partial charge is 0.327 e. The van der Waals surface area contributed by atoms with Crippen LogP contribution in [-0.4, -0.2) is 58.7 Å². The normalized spacial score (nSPS) is 17.8. The van der Waals surface area contributed by atoms with Gasteiger partial charge in [0.1, 0.15) is 18.9 Å². The number of likely N-dealkylation sites (N-methyl/N-ethyl adjacent to an activating group) is 1. The van der Waals surface area contributed by atoms with Gasteiger partial charge in [-0.15, -0.1) is 0 Å². The number of carbonyl (C=O) groups is 3. The Balaban J connectivity index is 1.58. The van der Waals surface area contributed by atoms with E-state index in [4.69, 9.17) is 0 Å². The maximum atomic E-state index is 12.9. The molecule has 7 heteroatoms. The van der Waals surface area contributed by atoms with E-state index >= 15 is 0 Å². The highest BCUT2D eigenvalue weighted by Gasteiger charge is 2.44. The number of hydrogen-bond acceptors (Lipinski definition) is 3. The molecular weight excluding hydrogens is 301 g/mol. The molecule has 0 atom stereocenters. The molecular formula is C16H18FN3O3. The van der Waals surface area contributed by atoms with Crippen molar-refractivity contribution in [2.24, 2.45) is 0 Å². The summed E-state index contributed by atoms with van der Waals surface area (Å²) >= 11 is 0. The maximum Gasteiger partial charge on any atom is 0.327 e. The van der Waals surface area contributed by atoms with Crippen LogP contribution >= 0.6 is 0 Å². The van der Waals surface area contributed by atoms with Crippen molar-refractivity contribution < 1.29 is 18.8 Å². The highest BCUT2D eigenvalue weighted by molar-refractivity contribution is 6.04. The molecule has 23 heavy (non-hydrogen) atoms. The molecule has 6 nitrogen and oxygen atoms in total. The molecule has 2 aliphatic rings. The number of hydrogen-bond donors (Lipinski definition) is 0. The summed E-state index contributed by atoms with van der Waals surface area (Å²) in [6.07, 6.45) is 1.84. The van der Waals surface area contributed by atoms with Crippen LogP contribution in [-0.2, 0) is 16.1 Å². The van der Waals surface area contributed by atoms with Crippen LogP contribution < -0.4 is 0 Å². The number of amides is 4. The summed E-state index contributed by atoms with van der Waals surface area (Å²) in [5.41, 5.74) is 0.779. The molecule has 2 fully saturated rings. The molecule has 0 N–H and O–H groups in total. The Kier molecular flexibility index (Phi) is 4.02. The first-order chi connectivity index (χ1) is 11.0. The average Bonchev–Trinajstić information content (AvgIpc) is 3.32. The number of halogens is 1. The first-order valence-electron chi connectivity index (χ1n) is 7.55. The molecule has 3 rings (SSSR count). The third kappa shape index (κ3) is 3.33. The summed E-state index contributed by atoms with van der Waals surface area (Å²) in [6.45, 7) is 0.110. The fourth-order valence-electron chi connectivity index (χ4n) is 2.60. The molecule has 1 aromatic rings. The Labute approximate surface area is 133 Å². The van der Waals surface area contributed by atoms with Crippen LogP contribution in [0.25, 0.3) is 0 Å².